The number of amides is 2. The minimum absolute atomic E-state index is 0.126. The number of hydrogen-bond donors (Lipinski definition) is 2. The van der Waals surface area contributed by atoms with Crippen LogP contribution >= 0.6 is 0 Å². The lowest BCUT2D eigenvalue weighted by molar-refractivity contribution is -0.201. The largest absolute Gasteiger partial charge is 0.491 e. The monoisotopic (exact) mass is 572 g/mol. The van der Waals surface area contributed by atoms with Gasteiger partial charge in [-0.05, 0) is 67.1 Å². The average Bonchev–Trinajstić information content (AvgIpc) is 3.49. The number of halogens is 3. The summed E-state index contributed by atoms with van der Waals surface area (Å²) in [6, 6.07) is 12.0. The molecule has 216 valence electrons. The van der Waals surface area contributed by atoms with Gasteiger partial charge in [0, 0.05) is 42.2 Å². The van der Waals surface area contributed by atoms with E-state index in [1.54, 1.807) is 35.4 Å². The van der Waals surface area contributed by atoms with Crippen molar-refractivity contribution in [2.75, 3.05) is 25.4 Å². The number of aromatic nitrogens is 1. The Kier molecular flexibility index (Phi) is 9.05. The fourth-order valence-electron chi connectivity index (χ4n) is 4.29. The number of nitrogens with zero attached hydrogens (tertiary/aromatic N) is 2. The molecule has 1 fully saturated rings. The Labute approximate surface area is 232 Å². The SMILES string of the molecule is Nc1nccc2ccc(OC[C@@H](CCC(=O)OC(=O)C(F)(F)F)NC(=O)c3ccc(C(=O)N4CCCC4)cc3)cc12. The molecule has 1 aliphatic rings. The number of benzene rings is 2. The van der Waals surface area contributed by atoms with Gasteiger partial charge >= 0.3 is 18.1 Å². The molecule has 0 radical (unpaired) electrons. The highest BCUT2D eigenvalue weighted by Crippen LogP contribution is 2.24. The number of carbonyl (C=O) groups excluding carboxylic acids is 4. The van der Waals surface area contributed by atoms with Gasteiger partial charge in [0.15, 0.2) is 0 Å². The number of nitrogens with one attached hydrogen (secondary N) is 1. The Morgan fingerprint density at radius 3 is 2.37 bits per heavy atom. The molecule has 10 nitrogen and oxygen atoms in total. The number of fused-ring (bicyclic) bond motifs is 1. The summed E-state index contributed by atoms with van der Waals surface area (Å²) in [6.45, 7) is 1.18. The highest BCUT2D eigenvalue weighted by Gasteiger charge is 2.42. The molecule has 2 aromatic carbocycles. The molecular weight excluding hydrogens is 545 g/mol. The predicted octanol–water partition coefficient (Wildman–Crippen LogP) is 3.64. The second kappa shape index (κ2) is 12.7. The Balaban J connectivity index is 1.43. The maximum Gasteiger partial charge on any atom is 0.491 e. The van der Waals surface area contributed by atoms with Gasteiger partial charge in [-0.25, -0.2) is 9.78 Å². The number of pyridine rings is 1. The fraction of sp³-hybridized carbons (Fsp3) is 0.321. The van der Waals surface area contributed by atoms with Crippen molar-refractivity contribution in [3.05, 3.63) is 65.9 Å². The third kappa shape index (κ3) is 7.71. The van der Waals surface area contributed by atoms with Gasteiger partial charge in [0.05, 0.1) is 6.04 Å². The van der Waals surface area contributed by atoms with Crippen molar-refractivity contribution in [1.82, 2.24) is 15.2 Å². The van der Waals surface area contributed by atoms with Crippen molar-refractivity contribution in [2.24, 2.45) is 0 Å². The van der Waals surface area contributed by atoms with E-state index in [0.717, 1.165) is 18.2 Å². The lowest BCUT2D eigenvalue weighted by atomic mass is 10.1. The molecule has 41 heavy (non-hydrogen) atoms. The Morgan fingerprint density at radius 2 is 1.68 bits per heavy atom. The summed E-state index contributed by atoms with van der Waals surface area (Å²) < 4.78 is 47.0. The first-order valence-electron chi connectivity index (χ1n) is 12.8. The summed E-state index contributed by atoms with van der Waals surface area (Å²) in [7, 11) is 0. The second-order valence-electron chi connectivity index (χ2n) is 9.44. The molecule has 0 spiro atoms. The van der Waals surface area contributed by atoms with Gasteiger partial charge in [-0.3, -0.25) is 14.4 Å². The summed E-state index contributed by atoms with van der Waals surface area (Å²) in [5.41, 5.74) is 6.57. The fourth-order valence-corrected chi connectivity index (χ4v) is 4.29. The molecule has 1 saturated heterocycles. The van der Waals surface area contributed by atoms with E-state index >= 15 is 0 Å². The topological polar surface area (TPSA) is 141 Å². The predicted molar refractivity (Wildman–Crippen MR) is 141 cm³/mol. The van der Waals surface area contributed by atoms with Crippen molar-refractivity contribution < 1.29 is 41.8 Å². The van der Waals surface area contributed by atoms with E-state index in [4.69, 9.17) is 10.5 Å². The van der Waals surface area contributed by atoms with E-state index in [9.17, 15) is 32.3 Å². The Hall–Kier alpha value is -4.68. The van der Waals surface area contributed by atoms with E-state index in [-0.39, 0.29) is 30.3 Å². The van der Waals surface area contributed by atoms with Gasteiger partial charge in [-0.2, -0.15) is 13.2 Å². The number of likely N-dealkylation sites (tertiary alicyclic amines) is 1. The third-order valence-electron chi connectivity index (χ3n) is 6.48. The normalized spacial score (nSPS) is 14.0. The summed E-state index contributed by atoms with van der Waals surface area (Å²) in [5, 5.41) is 4.13. The first-order valence-corrected chi connectivity index (χ1v) is 12.8. The zero-order valence-corrected chi connectivity index (χ0v) is 21.8. The van der Waals surface area contributed by atoms with Crippen molar-refractivity contribution in [3.63, 3.8) is 0 Å². The van der Waals surface area contributed by atoms with Gasteiger partial charge in [0.1, 0.15) is 18.2 Å². The lowest BCUT2D eigenvalue weighted by Crippen LogP contribution is -2.40. The van der Waals surface area contributed by atoms with Crippen molar-refractivity contribution in [3.8, 4) is 5.75 Å². The van der Waals surface area contributed by atoms with Crippen LogP contribution in [-0.4, -0.2) is 65.6 Å². The molecular formula is C28H27F3N4O6. The first-order chi connectivity index (χ1) is 19.5. The number of esters is 2. The molecule has 4 rings (SSSR count). The Morgan fingerprint density at radius 1 is 1.00 bits per heavy atom. The van der Waals surface area contributed by atoms with Gasteiger partial charge in [-0.1, -0.05) is 6.07 Å². The van der Waals surface area contributed by atoms with Crippen LogP contribution in [0.1, 0.15) is 46.4 Å². The summed E-state index contributed by atoms with van der Waals surface area (Å²) in [6.07, 6.45) is -2.68. The molecule has 2 amide bonds. The number of anilines is 1. The molecule has 3 N–H and O–H groups in total. The standard InChI is InChI=1S/C28H27F3N4O6/c29-28(30,31)27(39)41-23(36)10-8-20(16-40-21-9-7-17-11-12-33-24(32)22(17)15-21)34-25(37)18-3-5-19(6-4-18)26(38)35-13-1-2-14-35/h3-7,9,11-12,15,20H,1-2,8,10,13-14,16H2,(H2,32,33)(H,34,37)/t20-/m1/s1. The highest BCUT2D eigenvalue weighted by atomic mass is 19.4. The molecule has 3 aromatic rings. The zero-order chi connectivity index (χ0) is 29.6. The van der Waals surface area contributed by atoms with Crippen LogP contribution in [0.4, 0.5) is 19.0 Å². The number of hydrogen-bond acceptors (Lipinski definition) is 8. The van der Waals surface area contributed by atoms with Gasteiger partial charge < -0.3 is 25.4 Å². The van der Waals surface area contributed by atoms with Crippen LogP contribution in [0, 0.1) is 0 Å². The number of nitrogens with two attached hydrogens (primary N) is 1. The minimum atomic E-state index is -5.32. The summed E-state index contributed by atoms with van der Waals surface area (Å²) in [4.78, 5) is 54.2. The smallest absolute Gasteiger partial charge is 0.491 e. The summed E-state index contributed by atoms with van der Waals surface area (Å²) in [5.74, 6) is -4.06. The number of rotatable bonds is 9. The number of ether oxygens (including phenoxy) is 2. The van der Waals surface area contributed by atoms with Crippen LogP contribution in [0.25, 0.3) is 10.8 Å². The van der Waals surface area contributed by atoms with Crippen molar-refractivity contribution >= 4 is 40.3 Å². The van der Waals surface area contributed by atoms with Crippen LogP contribution in [0.5, 0.6) is 5.75 Å². The zero-order valence-electron chi connectivity index (χ0n) is 21.8. The first kappa shape index (κ1) is 29.3. The molecule has 13 heteroatoms. The highest BCUT2D eigenvalue weighted by molar-refractivity contribution is 5.98. The summed E-state index contributed by atoms with van der Waals surface area (Å²) >= 11 is 0. The van der Waals surface area contributed by atoms with E-state index in [1.807, 2.05) is 0 Å². The van der Waals surface area contributed by atoms with E-state index in [2.05, 4.69) is 15.0 Å². The quantitative estimate of drug-likeness (QED) is 0.293. The maximum atomic E-state index is 13.0. The van der Waals surface area contributed by atoms with Crippen LogP contribution in [0.3, 0.4) is 0 Å². The molecule has 2 heterocycles. The van der Waals surface area contributed by atoms with E-state index in [1.165, 1.54) is 24.3 Å². The molecule has 0 unspecified atom stereocenters. The minimum Gasteiger partial charge on any atom is -0.491 e. The molecule has 0 saturated carbocycles. The average molecular weight is 573 g/mol. The molecule has 0 aliphatic carbocycles. The number of nitrogen functional groups attached to an aromatic ring is 1. The van der Waals surface area contributed by atoms with Crippen molar-refractivity contribution in [1.29, 1.82) is 0 Å². The number of carbonyl (C=O) groups is 4. The van der Waals surface area contributed by atoms with E-state index in [0.29, 0.717) is 29.8 Å². The molecule has 1 aromatic heterocycles. The third-order valence-corrected chi connectivity index (χ3v) is 6.48. The van der Waals surface area contributed by atoms with Gasteiger partial charge in [-0.15, -0.1) is 0 Å². The molecule has 1 atom stereocenters. The van der Waals surface area contributed by atoms with Gasteiger partial charge in [0.25, 0.3) is 11.8 Å². The lowest BCUT2D eigenvalue weighted by Gasteiger charge is -2.20. The van der Waals surface area contributed by atoms with Gasteiger partial charge in [0.2, 0.25) is 0 Å². The maximum absolute atomic E-state index is 13.0. The Bertz CT molecular complexity index is 1440. The van der Waals surface area contributed by atoms with Crippen LogP contribution in [0.15, 0.2) is 54.7 Å². The van der Waals surface area contributed by atoms with Crippen LogP contribution in [0.2, 0.25) is 0 Å². The molecule has 0 bridgehead atoms. The number of alkyl halides is 3. The molecule has 1 aliphatic heterocycles. The second-order valence-corrected chi connectivity index (χ2v) is 9.44. The van der Waals surface area contributed by atoms with Crippen molar-refractivity contribution in [2.45, 2.75) is 37.9 Å². The van der Waals surface area contributed by atoms with Crippen LogP contribution in [-0.2, 0) is 14.3 Å². The van der Waals surface area contributed by atoms with Crippen LogP contribution < -0.4 is 15.8 Å². The van der Waals surface area contributed by atoms with E-state index < -0.39 is 36.5 Å².